The molecule has 0 radical (unpaired) electrons. The standard InChI is InChI=1S/C22H34N4/c1-22(2,3)18-8-13-26(16-18)20-9-14-25(15-10-20)19-6-4-17(5-7-19)21-23-11-12-24-21/h4-7,18,20H,8-16H2,1-3H3,(H,23,24). The summed E-state index contributed by atoms with van der Waals surface area (Å²) in [5, 5.41) is 3.35. The highest BCUT2D eigenvalue weighted by molar-refractivity contribution is 5.99. The van der Waals surface area contributed by atoms with E-state index < -0.39 is 0 Å². The number of nitrogens with one attached hydrogen (secondary N) is 1. The summed E-state index contributed by atoms with van der Waals surface area (Å²) in [5.41, 5.74) is 3.03. The molecule has 0 amide bonds. The Bertz CT molecular complexity index is 635. The van der Waals surface area contributed by atoms with Crippen LogP contribution in [0.4, 0.5) is 5.69 Å². The first-order valence-corrected chi connectivity index (χ1v) is 10.4. The van der Waals surface area contributed by atoms with Crippen LogP contribution in [0.5, 0.6) is 0 Å². The van der Waals surface area contributed by atoms with Gasteiger partial charge in [0.15, 0.2) is 0 Å². The normalized spacial score (nSPS) is 25.4. The minimum Gasteiger partial charge on any atom is -0.371 e. The Morgan fingerprint density at radius 1 is 1.00 bits per heavy atom. The molecule has 0 bridgehead atoms. The molecule has 0 aliphatic carbocycles. The zero-order chi connectivity index (χ0) is 18.1. The maximum atomic E-state index is 4.51. The first kappa shape index (κ1) is 17.8. The third-order valence-electron chi connectivity index (χ3n) is 6.61. The molecule has 4 nitrogen and oxygen atoms in total. The highest BCUT2D eigenvalue weighted by atomic mass is 15.2. The van der Waals surface area contributed by atoms with Gasteiger partial charge in [-0.05, 0) is 61.4 Å². The van der Waals surface area contributed by atoms with Crippen molar-refractivity contribution in [2.75, 3.05) is 44.2 Å². The zero-order valence-electron chi connectivity index (χ0n) is 16.7. The minimum absolute atomic E-state index is 0.454. The Labute approximate surface area is 158 Å². The Balaban J connectivity index is 1.31. The highest BCUT2D eigenvalue weighted by Crippen LogP contribution is 2.36. The molecule has 1 N–H and O–H groups in total. The van der Waals surface area contributed by atoms with Gasteiger partial charge in [-0.1, -0.05) is 20.8 Å². The molecule has 4 heteroatoms. The monoisotopic (exact) mass is 354 g/mol. The summed E-state index contributed by atoms with van der Waals surface area (Å²) in [6, 6.07) is 9.75. The molecule has 3 aliphatic rings. The average molecular weight is 355 g/mol. The molecule has 2 fully saturated rings. The van der Waals surface area contributed by atoms with Gasteiger partial charge in [0.25, 0.3) is 0 Å². The minimum atomic E-state index is 0.454. The van der Waals surface area contributed by atoms with Crippen LogP contribution in [-0.2, 0) is 0 Å². The van der Waals surface area contributed by atoms with Crippen molar-refractivity contribution in [3.8, 4) is 0 Å². The summed E-state index contributed by atoms with van der Waals surface area (Å²) in [7, 11) is 0. The van der Waals surface area contributed by atoms with Crippen molar-refractivity contribution in [1.82, 2.24) is 10.2 Å². The second-order valence-electron chi connectivity index (χ2n) is 9.27. The summed E-state index contributed by atoms with van der Waals surface area (Å²) in [5.74, 6) is 1.91. The van der Waals surface area contributed by atoms with E-state index in [0.29, 0.717) is 5.41 Å². The van der Waals surface area contributed by atoms with Crippen LogP contribution in [-0.4, -0.2) is 56.0 Å². The molecule has 1 atom stereocenters. The SMILES string of the molecule is CC(C)(C)C1CCN(C2CCN(c3ccc(C4=NCCN4)cc3)CC2)C1. The summed E-state index contributed by atoms with van der Waals surface area (Å²) < 4.78 is 0. The maximum absolute atomic E-state index is 4.51. The average Bonchev–Trinajstić information content (AvgIpc) is 3.34. The van der Waals surface area contributed by atoms with Crippen molar-refractivity contribution in [3.63, 3.8) is 0 Å². The van der Waals surface area contributed by atoms with Gasteiger partial charge in [-0.25, -0.2) is 0 Å². The van der Waals surface area contributed by atoms with Crippen molar-refractivity contribution in [3.05, 3.63) is 29.8 Å². The summed E-state index contributed by atoms with van der Waals surface area (Å²) in [6.07, 6.45) is 3.98. The highest BCUT2D eigenvalue weighted by Gasteiger charge is 2.35. The molecule has 0 spiro atoms. The lowest BCUT2D eigenvalue weighted by Crippen LogP contribution is -2.44. The van der Waals surface area contributed by atoms with Crippen LogP contribution in [0, 0.1) is 11.3 Å². The molecular weight excluding hydrogens is 320 g/mol. The molecule has 0 aromatic heterocycles. The fraction of sp³-hybridized carbons (Fsp3) is 0.682. The maximum Gasteiger partial charge on any atom is 0.128 e. The summed E-state index contributed by atoms with van der Waals surface area (Å²) in [4.78, 5) is 9.85. The second-order valence-corrected chi connectivity index (χ2v) is 9.27. The van der Waals surface area contributed by atoms with Gasteiger partial charge in [0.1, 0.15) is 5.84 Å². The van der Waals surface area contributed by atoms with Crippen molar-refractivity contribution in [2.45, 2.75) is 46.1 Å². The van der Waals surface area contributed by atoms with Crippen LogP contribution >= 0.6 is 0 Å². The lowest BCUT2D eigenvalue weighted by atomic mass is 9.80. The molecule has 0 saturated carbocycles. The Kier molecular flexibility index (Phi) is 4.96. The number of likely N-dealkylation sites (tertiary alicyclic amines) is 1. The van der Waals surface area contributed by atoms with Crippen LogP contribution in [0.2, 0.25) is 0 Å². The largest absolute Gasteiger partial charge is 0.371 e. The van der Waals surface area contributed by atoms with Gasteiger partial charge in [-0.3, -0.25) is 9.89 Å². The van der Waals surface area contributed by atoms with E-state index in [-0.39, 0.29) is 0 Å². The van der Waals surface area contributed by atoms with E-state index in [9.17, 15) is 0 Å². The Morgan fingerprint density at radius 2 is 1.73 bits per heavy atom. The van der Waals surface area contributed by atoms with Gasteiger partial charge < -0.3 is 10.2 Å². The fourth-order valence-corrected chi connectivity index (χ4v) is 4.74. The molecule has 1 aromatic carbocycles. The van der Waals surface area contributed by atoms with Crippen molar-refractivity contribution in [1.29, 1.82) is 0 Å². The summed E-state index contributed by atoms with van der Waals surface area (Å²) >= 11 is 0. The van der Waals surface area contributed by atoms with E-state index in [1.165, 1.54) is 56.7 Å². The number of benzene rings is 1. The number of piperidine rings is 1. The lowest BCUT2D eigenvalue weighted by molar-refractivity contribution is 0.174. The smallest absolute Gasteiger partial charge is 0.128 e. The number of nitrogens with zero attached hydrogens (tertiary/aromatic N) is 3. The van der Waals surface area contributed by atoms with Crippen molar-refractivity contribution >= 4 is 11.5 Å². The van der Waals surface area contributed by atoms with Crippen molar-refractivity contribution < 1.29 is 0 Å². The molecule has 2 saturated heterocycles. The van der Waals surface area contributed by atoms with Crippen LogP contribution in [0.3, 0.4) is 0 Å². The number of aliphatic imine (C=N–C) groups is 1. The first-order valence-electron chi connectivity index (χ1n) is 10.4. The predicted molar refractivity (Wildman–Crippen MR) is 110 cm³/mol. The number of amidine groups is 1. The molecule has 3 aliphatic heterocycles. The van der Waals surface area contributed by atoms with Crippen LogP contribution in [0.15, 0.2) is 29.3 Å². The van der Waals surface area contributed by atoms with Gasteiger partial charge in [0.05, 0.1) is 6.54 Å². The quantitative estimate of drug-likeness (QED) is 0.903. The van der Waals surface area contributed by atoms with E-state index >= 15 is 0 Å². The van der Waals surface area contributed by atoms with E-state index in [0.717, 1.165) is 30.9 Å². The second kappa shape index (κ2) is 7.22. The molecule has 3 heterocycles. The third-order valence-corrected chi connectivity index (χ3v) is 6.61. The third kappa shape index (κ3) is 3.75. The molecule has 4 rings (SSSR count). The van der Waals surface area contributed by atoms with Gasteiger partial charge >= 0.3 is 0 Å². The van der Waals surface area contributed by atoms with Crippen LogP contribution < -0.4 is 10.2 Å². The number of rotatable bonds is 3. The van der Waals surface area contributed by atoms with E-state index in [4.69, 9.17) is 0 Å². The van der Waals surface area contributed by atoms with E-state index in [1.807, 2.05) is 0 Å². The Morgan fingerprint density at radius 3 is 2.31 bits per heavy atom. The first-order chi connectivity index (χ1) is 12.5. The number of hydrogen-bond acceptors (Lipinski definition) is 4. The van der Waals surface area contributed by atoms with Crippen LogP contribution in [0.1, 0.15) is 45.6 Å². The zero-order valence-corrected chi connectivity index (χ0v) is 16.7. The van der Waals surface area contributed by atoms with Gasteiger partial charge in [0, 0.05) is 43.5 Å². The molecule has 1 unspecified atom stereocenters. The van der Waals surface area contributed by atoms with Gasteiger partial charge in [0.2, 0.25) is 0 Å². The molecule has 26 heavy (non-hydrogen) atoms. The topological polar surface area (TPSA) is 30.9 Å². The van der Waals surface area contributed by atoms with Gasteiger partial charge in [-0.2, -0.15) is 0 Å². The summed E-state index contributed by atoms with van der Waals surface area (Å²) in [6.45, 7) is 14.0. The molecule has 1 aromatic rings. The van der Waals surface area contributed by atoms with Crippen LogP contribution in [0.25, 0.3) is 0 Å². The molecular formula is C22H34N4. The fourth-order valence-electron chi connectivity index (χ4n) is 4.74. The number of anilines is 1. The Hall–Kier alpha value is -1.55. The van der Waals surface area contributed by atoms with Gasteiger partial charge in [-0.15, -0.1) is 0 Å². The predicted octanol–water partition coefficient (Wildman–Crippen LogP) is 3.37. The van der Waals surface area contributed by atoms with E-state index in [1.54, 1.807) is 0 Å². The molecule has 142 valence electrons. The van der Waals surface area contributed by atoms with E-state index in [2.05, 4.69) is 65.1 Å². The lowest BCUT2D eigenvalue weighted by Gasteiger charge is -2.38. The van der Waals surface area contributed by atoms with Crippen molar-refractivity contribution in [2.24, 2.45) is 16.3 Å². The number of hydrogen-bond donors (Lipinski definition) is 1.